The van der Waals surface area contributed by atoms with Crippen molar-refractivity contribution in [1.29, 1.82) is 5.26 Å². The van der Waals surface area contributed by atoms with E-state index in [1.807, 2.05) is 0 Å². The van der Waals surface area contributed by atoms with Gasteiger partial charge in [0.25, 0.3) is 5.91 Å². The van der Waals surface area contributed by atoms with E-state index in [1.54, 1.807) is 12.1 Å². The molecule has 0 aliphatic heterocycles. The molecule has 2 rings (SSSR count). The number of halogens is 4. The van der Waals surface area contributed by atoms with Crippen LogP contribution in [-0.2, 0) is 11.0 Å². The number of benzene rings is 2. The molecule has 30 heavy (non-hydrogen) atoms. The lowest BCUT2D eigenvalue weighted by Crippen LogP contribution is -2.14. The zero-order valence-electron chi connectivity index (χ0n) is 15.5. The van der Waals surface area contributed by atoms with Crippen LogP contribution in [0.1, 0.15) is 11.1 Å². The summed E-state index contributed by atoms with van der Waals surface area (Å²) in [6.45, 7) is 0.00693. The minimum absolute atomic E-state index is 0.00693. The lowest BCUT2D eigenvalue weighted by atomic mass is 10.1. The Morgan fingerprint density at radius 2 is 2.07 bits per heavy atom. The van der Waals surface area contributed by atoms with E-state index in [1.165, 1.54) is 25.3 Å². The molecule has 0 saturated heterocycles. The molecule has 0 aliphatic carbocycles. The molecule has 0 atom stereocenters. The van der Waals surface area contributed by atoms with Crippen molar-refractivity contribution in [3.63, 3.8) is 0 Å². The number of amides is 1. The van der Waals surface area contributed by atoms with E-state index in [0.29, 0.717) is 21.5 Å². The monoisotopic (exact) mass is 478 g/mol. The van der Waals surface area contributed by atoms with Gasteiger partial charge in [-0.25, -0.2) is 0 Å². The van der Waals surface area contributed by atoms with E-state index in [2.05, 4.69) is 27.2 Å². The number of methoxy groups -OCH3 is 1. The SMILES string of the molecule is C#CCOc1c(Br)cc(/C=C(\C#N)C(=O)Nc2cccc(C(F)(F)F)c2)cc1OC. The highest BCUT2D eigenvalue weighted by Crippen LogP contribution is 2.37. The second kappa shape index (κ2) is 9.86. The van der Waals surface area contributed by atoms with Crippen molar-refractivity contribution in [3.8, 4) is 29.9 Å². The van der Waals surface area contributed by atoms with Gasteiger partial charge in [-0.15, -0.1) is 6.42 Å². The molecule has 0 radical (unpaired) electrons. The van der Waals surface area contributed by atoms with E-state index in [9.17, 15) is 23.2 Å². The molecule has 2 aromatic carbocycles. The van der Waals surface area contributed by atoms with Gasteiger partial charge in [-0.3, -0.25) is 4.79 Å². The highest BCUT2D eigenvalue weighted by molar-refractivity contribution is 9.10. The number of carbonyl (C=O) groups is 1. The van der Waals surface area contributed by atoms with Crippen molar-refractivity contribution < 1.29 is 27.4 Å². The van der Waals surface area contributed by atoms with E-state index < -0.39 is 17.6 Å². The Balaban J connectivity index is 2.31. The topological polar surface area (TPSA) is 71.3 Å². The average molecular weight is 479 g/mol. The summed E-state index contributed by atoms with van der Waals surface area (Å²) in [5.74, 6) is 2.12. The summed E-state index contributed by atoms with van der Waals surface area (Å²) in [5, 5.41) is 11.6. The Labute approximate surface area is 179 Å². The highest BCUT2D eigenvalue weighted by atomic mass is 79.9. The Kier molecular flexibility index (Phi) is 7.51. The fourth-order valence-corrected chi connectivity index (χ4v) is 2.94. The molecule has 1 amide bonds. The second-order valence-electron chi connectivity index (χ2n) is 5.73. The maximum Gasteiger partial charge on any atom is 0.416 e. The number of nitriles is 1. The Hall–Kier alpha value is -3.43. The predicted octanol–water partition coefficient (Wildman–Crippen LogP) is 5.03. The first-order valence-electron chi connectivity index (χ1n) is 8.23. The Bertz CT molecular complexity index is 1070. The van der Waals surface area contributed by atoms with Crippen LogP contribution in [0.15, 0.2) is 46.4 Å². The number of rotatable bonds is 6. The van der Waals surface area contributed by atoms with Gasteiger partial charge in [-0.05, 0) is 57.9 Å². The quantitative estimate of drug-likeness (QED) is 0.358. The summed E-state index contributed by atoms with van der Waals surface area (Å²) in [6.07, 6.45) is 1.89. The van der Waals surface area contributed by atoms with Gasteiger partial charge < -0.3 is 14.8 Å². The van der Waals surface area contributed by atoms with Crippen LogP contribution in [0.2, 0.25) is 0 Å². The minimum Gasteiger partial charge on any atom is -0.493 e. The van der Waals surface area contributed by atoms with Crippen LogP contribution in [-0.4, -0.2) is 19.6 Å². The van der Waals surface area contributed by atoms with Crippen molar-refractivity contribution in [2.75, 3.05) is 19.0 Å². The molecule has 0 spiro atoms. The van der Waals surface area contributed by atoms with Gasteiger partial charge in [0.2, 0.25) is 0 Å². The maximum atomic E-state index is 12.8. The summed E-state index contributed by atoms with van der Waals surface area (Å²) in [5.41, 5.74) is -0.909. The second-order valence-corrected chi connectivity index (χ2v) is 6.58. The van der Waals surface area contributed by atoms with Crippen molar-refractivity contribution in [3.05, 3.63) is 57.6 Å². The molecular weight excluding hydrogens is 465 g/mol. The number of hydrogen-bond donors (Lipinski definition) is 1. The molecule has 154 valence electrons. The van der Waals surface area contributed by atoms with Crippen LogP contribution >= 0.6 is 15.9 Å². The third-order valence-corrected chi connectivity index (χ3v) is 4.26. The lowest BCUT2D eigenvalue weighted by molar-refractivity contribution is -0.137. The van der Waals surface area contributed by atoms with Gasteiger partial charge in [0.1, 0.15) is 18.2 Å². The number of carbonyl (C=O) groups excluding carboxylic acids is 1. The molecule has 2 aromatic rings. The summed E-state index contributed by atoms with van der Waals surface area (Å²) < 4.78 is 49.6. The van der Waals surface area contributed by atoms with Gasteiger partial charge in [0, 0.05) is 5.69 Å². The standard InChI is InChI=1S/C21H14BrF3N2O3/c1-3-7-30-19-17(22)9-13(10-18(19)29-2)8-14(12-26)20(28)27-16-6-4-5-15(11-16)21(23,24)25/h1,4-6,8-11H,7H2,2H3,(H,27,28)/b14-8+. The molecule has 0 heterocycles. The fraction of sp³-hybridized carbons (Fsp3) is 0.143. The first-order chi connectivity index (χ1) is 14.2. The molecule has 0 fully saturated rings. The number of ether oxygens (including phenoxy) is 2. The first-order valence-corrected chi connectivity index (χ1v) is 9.03. The van der Waals surface area contributed by atoms with E-state index in [4.69, 9.17) is 15.9 Å². The van der Waals surface area contributed by atoms with Crippen molar-refractivity contribution in [1.82, 2.24) is 0 Å². The molecule has 0 bridgehead atoms. The smallest absolute Gasteiger partial charge is 0.416 e. The number of nitrogens with one attached hydrogen (secondary N) is 1. The van der Waals surface area contributed by atoms with Crippen LogP contribution in [0, 0.1) is 23.7 Å². The van der Waals surface area contributed by atoms with Gasteiger partial charge in [0.15, 0.2) is 11.5 Å². The largest absolute Gasteiger partial charge is 0.493 e. The molecule has 0 aromatic heterocycles. The fourth-order valence-electron chi connectivity index (χ4n) is 2.36. The third-order valence-electron chi connectivity index (χ3n) is 3.68. The summed E-state index contributed by atoms with van der Waals surface area (Å²) in [4.78, 5) is 12.4. The number of nitrogens with zero attached hydrogens (tertiary/aromatic N) is 1. The van der Waals surface area contributed by atoms with Gasteiger partial charge in [-0.1, -0.05) is 12.0 Å². The first kappa shape index (κ1) is 22.9. The molecule has 0 unspecified atom stereocenters. The van der Waals surface area contributed by atoms with Crippen LogP contribution in [0.5, 0.6) is 11.5 Å². The van der Waals surface area contributed by atoms with E-state index in [-0.39, 0.29) is 17.9 Å². The molecule has 9 heteroatoms. The van der Waals surface area contributed by atoms with Crippen LogP contribution in [0.4, 0.5) is 18.9 Å². The number of hydrogen-bond acceptors (Lipinski definition) is 4. The van der Waals surface area contributed by atoms with Crippen LogP contribution < -0.4 is 14.8 Å². The van der Waals surface area contributed by atoms with E-state index in [0.717, 1.165) is 18.2 Å². The van der Waals surface area contributed by atoms with Gasteiger partial charge >= 0.3 is 6.18 Å². The van der Waals surface area contributed by atoms with Crippen LogP contribution in [0.25, 0.3) is 6.08 Å². The average Bonchev–Trinajstić information content (AvgIpc) is 2.70. The summed E-state index contributed by atoms with van der Waals surface area (Å²) in [6, 6.07) is 8.94. The van der Waals surface area contributed by atoms with Crippen LogP contribution in [0.3, 0.4) is 0 Å². The highest BCUT2D eigenvalue weighted by Gasteiger charge is 2.30. The molecule has 0 saturated carbocycles. The minimum atomic E-state index is -4.55. The zero-order valence-corrected chi connectivity index (χ0v) is 17.1. The third kappa shape index (κ3) is 5.79. The maximum absolute atomic E-state index is 12.8. The lowest BCUT2D eigenvalue weighted by Gasteiger charge is -2.12. The molecule has 5 nitrogen and oxygen atoms in total. The van der Waals surface area contributed by atoms with Gasteiger partial charge in [0.05, 0.1) is 17.1 Å². The van der Waals surface area contributed by atoms with Crippen molar-refractivity contribution >= 4 is 33.6 Å². The summed E-state index contributed by atoms with van der Waals surface area (Å²) in [7, 11) is 1.41. The van der Waals surface area contributed by atoms with Crippen molar-refractivity contribution in [2.24, 2.45) is 0 Å². The summed E-state index contributed by atoms with van der Waals surface area (Å²) >= 11 is 3.31. The number of anilines is 1. The van der Waals surface area contributed by atoms with E-state index >= 15 is 0 Å². The van der Waals surface area contributed by atoms with Crippen molar-refractivity contribution in [2.45, 2.75) is 6.18 Å². The van der Waals surface area contributed by atoms with Gasteiger partial charge in [-0.2, -0.15) is 18.4 Å². The molecular formula is C21H14BrF3N2O3. The molecule has 0 aliphatic rings. The Morgan fingerprint density at radius 1 is 1.33 bits per heavy atom. The number of alkyl halides is 3. The normalized spacial score (nSPS) is 11.2. The predicted molar refractivity (Wildman–Crippen MR) is 109 cm³/mol. The molecule has 1 N–H and O–H groups in total. The Morgan fingerprint density at radius 3 is 2.67 bits per heavy atom. The zero-order chi connectivity index (χ0) is 22.3. The number of terminal acetylenes is 1.